The average Bonchev–Trinajstić information content (AvgIpc) is 2.95. The summed E-state index contributed by atoms with van der Waals surface area (Å²) in [4.78, 5) is 49.2. The Balaban J connectivity index is 0. The summed E-state index contributed by atoms with van der Waals surface area (Å²) < 4.78 is 0. The van der Waals surface area contributed by atoms with Gasteiger partial charge in [0.25, 0.3) is 11.8 Å². The number of nitrogens with two attached hydrogens (primary N) is 1. The predicted octanol–water partition coefficient (Wildman–Crippen LogP) is 1.77. The van der Waals surface area contributed by atoms with Gasteiger partial charge >= 0.3 is 5.97 Å². The summed E-state index contributed by atoms with van der Waals surface area (Å²) in [6.45, 7) is 7.70. The molecule has 1 aliphatic heterocycles. The van der Waals surface area contributed by atoms with Crippen molar-refractivity contribution in [2.75, 3.05) is 14.1 Å². The van der Waals surface area contributed by atoms with Gasteiger partial charge in [0.15, 0.2) is 0 Å². The Morgan fingerprint density at radius 2 is 1.46 bits per heavy atom. The van der Waals surface area contributed by atoms with Crippen LogP contribution in [0.25, 0.3) is 0 Å². The van der Waals surface area contributed by atoms with E-state index in [9.17, 15) is 19.2 Å². The van der Waals surface area contributed by atoms with Gasteiger partial charge in [-0.05, 0) is 19.9 Å². The number of amides is 3. The van der Waals surface area contributed by atoms with Crippen LogP contribution in [0.4, 0.5) is 0 Å². The molecule has 8 heteroatoms. The summed E-state index contributed by atoms with van der Waals surface area (Å²) in [5.41, 5.74) is 4.50. The molecule has 0 radical (unpaired) electrons. The van der Waals surface area contributed by atoms with E-state index in [0.29, 0.717) is 11.5 Å². The Morgan fingerprint density at radius 3 is 1.85 bits per heavy atom. The zero-order valence-electron chi connectivity index (χ0n) is 17.0. The summed E-state index contributed by atoms with van der Waals surface area (Å²) in [5.74, 6) is -1.33. The molecular weight excluding hydrogens is 338 g/mol. The molecule has 3 amide bonds. The minimum Gasteiger partial charge on any atom is -0.359 e. The Hall–Kier alpha value is -1.96. The monoisotopic (exact) mass is 373 g/mol. The zero-order chi connectivity index (χ0) is 20.7. The van der Waals surface area contributed by atoms with Gasteiger partial charge in [-0.3, -0.25) is 14.4 Å². The summed E-state index contributed by atoms with van der Waals surface area (Å²) in [6.07, 6.45) is 3.88. The van der Waals surface area contributed by atoms with Crippen molar-refractivity contribution in [3.05, 3.63) is 0 Å². The Labute approximate surface area is 156 Å². The van der Waals surface area contributed by atoms with Crippen molar-refractivity contribution in [2.45, 2.75) is 66.2 Å². The Morgan fingerprint density at radius 1 is 1.04 bits per heavy atom. The van der Waals surface area contributed by atoms with Crippen LogP contribution in [0.5, 0.6) is 0 Å². The molecule has 0 bridgehead atoms. The van der Waals surface area contributed by atoms with Gasteiger partial charge in [0.1, 0.15) is 0 Å². The van der Waals surface area contributed by atoms with E-state index < -0.39 is 17.8 Å². The van der Waals surface area contributed by atoms with Crippen LogP contribution in [0.15, 0.2) is 0 Å². The van der Waals surface area contributed by atoms with Crippen molar-refractivity contribution in [2.24, 2.45) is 17.6 Å². The summed E-state index contributed by atoms with van der Waals surface area (Å²) in [6, 6.07) is 0. The maximum Gasteiger partial charge on any atom is 0.335 e. The minimum absolute atomic E-state index is 0.133. The predicted molar refractivity (Wildman–Crippen MR) is 99.5 cm³/mol. The lowest BCUT2D eigenvalue weighted by atomic mass is 10.1. The largest absolute Gasteiger partial charge is 0.359 e. The van der Waals surface area contributed by atoms with Gasteiger partial charge in [-0.2, -0.15) is 0 Å². The van der Waals surface area contributed by atoms with Gasteiger partial charge < -0.3 is 15.9 Å². The normalized spacial score (nSPS) is 15.1. The van der Waals surface area contributed by atoms with Gasteiger partial charge in [0.05, 0.1) is 5.92 Å². The van der Waals surface area contributed by atoms with Crippen LogP contribution >= 0.6 is 0 Å². The summed E-state index contributed by atoms with van der Waals surface area (Å²) in [7, 11) is 3.18. The molecule has 2 unspecified atom stereocenters. The van der Waals surface area contributed by atoms with Crippen LogP contribution in [0.2, 0.25) is 0 Å². The van der Waals surface area contributed by atoms with E-state index in [1.165, 1.54) is 7.05 Å². The highest BCUT2D eigenvalue weighted by Crippen LogP contribution is 2.15. The molecule has 1 rings (SSSR count). The van der Waals surface area contributed by atoms with Crippen molar-refractivity contribution >= 4 is 23.7 Å². The number of hydrogen-bond acceptors (Lipinski definition) is 6. The second-order valence-corrected chi connectivity index (χ2v) is 5.99. The lowest BCUT2D eigenvalue weighted by molar-refractivity contribution is -0.200. The molecule has 2 atom stereocenters. The minimum atomic E-state index is -0.513. The molecule has 0 aliphatic carbocycles. The lowest BCUT2D eigenvalue weighted by Gasteiger charge is -2.15. The molecule has 0 aromatic carbocycles. The van der Waals surface area contributed by atoms with Crippen molar-refractivity contribution < 1.29 is 24.0 Å². The Bertz CT molecular complexity index is 438. The van der Waals surface area contributed by atoms with Gasteiger partial charge in [-0.25, -0.2) is 4.79 Å². The van der Waals surface area contributed by atoms with Crippen LogP contribution < -0.4 is 11.1 Å². The van der Waals surface area contributed by atoms with Crippen LogP contribution in [-0.4, -0.2) is 42.8 Å². The highest BCUT2D eigenvalue weighted by atomic mass is 16.7. The molecule has 0 saturated carbocycles. The number of imide groups is 1. The van der Waals surface area contributed by atoms with E-state index in [0.717, 1.165) is 19.3 Å². The maximum absolute atomic E-state index is 11.4. The van der Waals surface area contributed by atoms with Crippen LogP contribution in [0.1, 0.15) is 66.2 Å². The Kier molecular flexibility index (Phi) is 15.5. The topological polar surface area (TPSA) is 119 Å². The van der Waals surface area contributed by atoms with Gasteiger partial charge in [0, 0.05) is 25.8 Å². The van der Waals surface area contributed by atoms with Crippen molar-refractivity contribution in [1.29, 1.82) is 0 Å². The fourth-order valence-electron chi connectivity index (χ4n) is 2.20. The second-order valence-electron chi connectivity index (χ2n) is 5.99. The molecule has 0 aromatic rings. The number of hydroxylamine groups is 2. The molecule has 152 valence electrons. The number of carbonyl (C=O) groups excluding carboxylic acids is 4. The second kappa shape index (κ2) is 15.3. The highest BCUT2D eigenvalue weighted by Gasteiger charge is 2.33. The zero-order valence-corrected chi connectivity index (χ0v) is 17.0. The smallest absolute Gasteiger partial charge is 0.335 e. The fraction of sp³-hybridized carbons (Fsp3) is 0.778. The number of nitrogens with zero attached hydrogens (tertiary/aromatic N) is 1. The third-order valence-corrected chi connectivity index (χ3v) is 3.73. The molecule has 1 aliphatic rings. The lowest BCUT2D eigenvalue weighted by Crippen LogP contribution is -2.34. The first-order valence-electron chi connectivity index (χ1n) is 9.15. The van der Waals surface area contributed by atoms with Gasteiger partial charge in [-0.15, -0.1) is 5.06 Å². The molecule has 3 N–H and O–H groups in total. The molecular formula is C18H35N3O5. The van der Waals surface area contributed by atoms with Crippen LogP contribution in [0.3, 0.4) is 0 Å². The van der Waals surface area contributed by atoms with E-state index >= 15 is 0 Å². The number of nitrogens with one attached hydrogen (secondary N) is 1. The third-order valence-electron chi connectivity index (χ3n) is 3.73. The van der Waals surface area contributed by atoms with Crippen LogP contribution in [0, 0.1) is 11.8 Å². The molecule has 0 aromatic heterocycles. The first kappa shape index (κ1) is 26.3. The number of carbonyl (C=O) groups is 4. The van der Waals surface area contributed by atoms with E-state index in [4.69, 9.17) is 4.84 Å². The first-order chi connectivity index (χ1) is 12.3. The molecule has 1 heterocycles. The van der Waals surface area contributed by atoms with E-state index in [1.54, 1.807) is 14.0 Å². The maximum atomic E-state index is 11.4. The standard InChI is InChI=1S/C10H15NO4.C7H15NO.CH5N/c1-3-4-7(2)10(14)15-11-8(12)5-6-9(11)13;1-4-5-6(2)7(9)8-3;1-2/h7H,3-6H2,1-2H3;6H,4-5H2,1-3H3,(H,8,9);2H2,1H3. The summed E-state index contributed by atoms with van der Waals surface area (Å²) >= 11 is 0. The first-order valence-corrected chi connectivity index (χ1v) is 9.15. The molecule has 1 fully saturated rings. The quantitative estimate of drug-likeness (QED) is 0.657. The average molecular weight is 373 g/mol. The molecule has 26 heavy (non-hydrogen) atoms. The van der Waals surface area contributed by atoms with Crippen LogP contribution in [-0.2, 0) is 24.0 Å². The molecule has 8 nitrogen and oxygen atoms in total. The molecule has 0 spiro atoms. The van der Waals surface area contributed by atoms with E-state index in [1.807, 2.05) is 13.8 Å². The van der Waals surface area contributed by atoms with Gasteiger partial charge in [0.2, 0.25) is 5.91 Å². The fourth-order valence-corrected chi connectivity index (χ4v) is 2.20. The van der Waals surface area contributed by atoms with Crippen molar-refractivity contribution in [3.63, 3.8) is 0 Å². The SMILES string of the molecule is CCCC(C)C(=O)NC.CCCC(C)C(=O)ON1C(=O)CCC1=O.CN. The number of hydrogen-bond donors (Lipinski definition) is 2. The van der Waals surface area contributed by atoms with Gasteiger partial charge in [-0.1, -0.05) is 40.5 Å². The van der Waals surface area contributed by atoms with E-state index in [2.05, 4.69) is 18.0 Å². The van der Waals surface area contributed by atoms with Crippen molar-refractivity contribution in [3.8, 4) is 0 Å². The third kappa shape index (κ3) is 10.1. The van der Waals surface area contributed by atoms with E-state index in [-0.39, 0.29) is 30.6 Å². The summed E-state index contributed by atoms with van der Waals surface area (Å²) in [5, 5.41) is 3.20. The van der Waals surface area contributed by atoms with Crippen molar-refractivity contribution in [1.82, 2.24) is 10.4 Å². The number of rotatable bonds is 7. The molecule has 1 saturated heterocycles. The highest BCUT2D eigenvalue weighted by molar-refractivity contribution is 6.01.